The van der Waals surface area contributed by atoms with E-state index in [4.69, 9.17) is 0 Å². The van der Waals surface area contributed by atoms with Crippen LogP contribution in [0, 0.1) is 0 Å². The Morgan fingerprint density at radius 3 is 1.59 bits per heavy atom. The minimum Gasteiger partial charge on any atom is -0.262 e. The Morgan fingerprint density at radius 2 is 1.27 bits per heavy atom. The SMILES string of the molecule is O=C(NN=Cc1ccc(Br)s1)C(=O)NN=Cc1ccc(Br)s1. The molecular weight excluding hydrogens is 456 g/mol. The standard InChI is InChI=1S/C12H8Br2N4O2S2/c13-9-3-1-7(21-9)5-15-17-11(19)12(20)18-16-6-8-2-4-10(14)22-8/h1-6H,(H,17,19)(H,18,20). The van der Waals surface area contributed by atoms with E-state index in [0.717, 1.165) is 17.3 Å². The van der Waals surface area contributed by atoms with E-state index in [-0.39, 0.29) is 0 Å². The first kappa shape index (κ1) is 17.0. The highest BCUT2D eigenvalue weighted by atomic mass is 79.9. The third kappa shape index (κ3) is 5.44. The summed E-state index contributed by atoms with van der Waals surface area (Å²) in [6, 6.07) is 7.37. The van der Waals surface area contributed by atoms with Crippen LogP contribution in [0.4, 0.5) is 0 Å². The van der Waals surface area contributed by atoms with Crippen LogP contribution in [0.3, 0.4) is 0 Å². The first-order valence-corrected chi connectivity index (χ1v) is 8.93. The lowest BCUT2D eigenvalue weighted by Gasteiger charge is -1.97. The molecule has 0 aliphatic carbocycles. The highest BCUT2D eigenvalue weighted by molar-refractivity contribution is 9.11. The van der Waals surface area contributed by atoms with Crippen molar-refractivity contribution in [3.8, 4) is 0 Å². The Hall–Kier alpha value is -1.36. The fourth-order valence-electron chi connectivity index (χ4n) is 1.21. The highest BCUT2D eigenvalue weighted by Crippen LogP contribution is 2.20. The van der Waals surface area contributed by atoms with Crippen LogP contribution in [0.2, 0.25) is 0 Å². The van der Waals surface area contributed by atoms with E-state index in [1.54, 1.807) is 0 Å². The number of hydrazone groups is 2. The normalized spacial score (nSPS) is 11.2. The van der Waals surface area contributed by atoms with Crippen molar-refractivity contribution in [2.75, 3.05) is 0 Å². The molecule has 0 radical (unpaired) electrons. The summed E-state index contributed by atoms with van der Waals surface area (Å²) < 4.78 is 1.90. The summed E-state index contributed by atoms with van der Waals surface area (Å²) in [5.74, 6) is -1.78. The van der Waals surface area contributed by atoms with Crippen molar-refractivity contribution in [3.05, 3.63) is 41.6 Å². The molecule has 0 aliphatic rings. The molecular formula is C12H8Br2N4O2S2. The number of amides is 2. The maximum Gasteiger partial charge on any atom is 0.331 e. The first-order valence-electron chi connectivity index (χ1n) is 5.72. The molecule has 0 saturated heterocycles. The largest absolute Gasteiger partial charge is 0.331 e. The number of hydrogen-bond donors (Lipinski definition) is 2. The van der Waals surface area contributed by atoms with Gasteiger partial charge in [-0.15, -0.1) is 22.7 Å². The molecule has 2 aromatic heterocycles. The lowest BCUT2D eigenvalue weighted by molar-refractivity contribution is -0.139. The van der Waals surface area contributed by atoms with Crippen molar-refractivity contribution in [1.29, 1.82) is 0 Å². The number of hydrogen-bond acceptors (Lipinski definition) is 6. The third-order valence-electron chi connectivity index (χ3n) is 2.11. The van der Waals surface area contributed by atoms with Gasteiger partial charge in [0.1, 0.15) is 0 Å². The Bertz CT molecular complexity index is 677. The van der Waals surface area contributed by atoms with Gasteiger partial charge in [0, 0.05) is 9.75 Å². The van der Waals surface area contributed by atoms with Crippen LogP contribution >= 0.6 is 54.5 Å². The summed E-state index contributed by atoms with van der Waals surface area (Å²) in [6.45, 7) is 0. The van der Waals surface area contributed by atoms with Gasteiger partial charge in [-0.1, -0.05) is 0 Å². The van der Waals surface area contributed by atoms with Crippen LogP contribution in [-0.2, 0) is 9.59 Å². The van der Waals surface area contributed by atoms with Crippen LogP contribution in [0.1, 0.15) is 9.75 Å². The van der Waals surface area contributed by atoms with Crippen LogP contribution in [0.25, 0.3) is 0 Å². The first-order chi connectivity index (χ1) is 10.5. The molecule has 0 bridgehead atoms. The number of thiophene rings is 2. The van der Waals surface area contributed by atoms with Gasteiger partial charge in [0.2, 0.25) is 0 Å². The predicted octanol–water partition coefficient (Wildman–Crippen LogP) is 2.94. The molecule has 0 fully saturated rings. The van der Waals surface area contributed by atoms with Crippen molar-refractivity contribution < 1.29 is 9.59 Å². The van der Waals surface area contributed by atoms with Gasteiger partial charge in [0.25, 0.3) is 0 Å². The fourth-order valence-corrected chi connectivity index (χ4v) is 3.80. The molecule has 0 aromatic carbocycles. The second-order valence-electron chi connectivity index (χ2n) is 3.68. The van der Waals surface area contributed by atoms with Crippen molar-refractivity contribution in [2.45, 2.75) is 0 Å². The van der Waals surface area contributed by atoms with Gasteiger partial charge in [-0.05, 0) is 56.1 Å². The van der Waals surface area contributed by atoms with E-state index in [2.05, 4.69) is 52.9 Å². The van der Waals surface area contributed by atoms with Crippen molar-refractivity contribution >= 4 is 78.8 Å². The topological polar surface area (TPSA) is 82.9 Å². The molecule has 0 aliphatic heterocycles. The van der Waals surface area contributed by atoms with E-state index in [0.29, 0.717) is 0 Å². The number of halogens is 2. The van der Waals surface area contributed by atoms with E-state index in [1.807, 2.05) is 24.3 Å². The highest BCUT2D eigenvalue weighted by Gasteiger charge is 2.11. The zero-order valence-corrected chi connectivity index (χ0v) is 15.6. The zero-order chi connectivity index (χ0) is 15.9. The van der Waals surface area contributed by atoms with Crippen LogP contribution in [-0.4, -0.2) is 24.2 Å². The smallest absolute Gasteiger partial charge is 0.262 e. The van der Waals surface area contributed by atoms with Gasteiger partial charge in [-0.3, -0.25) is 9.59 Å². The lowest BCUT2D eigenvalue weighted by Crippen LogP contribution is -2.35. The summed E-state index contributed by atoms with van der Waals surface area (Å²) >= 11 is 9.53. The van der Waals surface area contributed by atoms with E-state index in [9.17, 15) is 9.59 Å². The van der Waals surface area contributed by atoms with Gasteiger partial charge in [0.15, 0.2) is 0 Å². The molecule has 0 unspecified atom stereocenters. The molecule has 0 spiro atoms. The summed E-state index contributed by atoms with van der Waals surface area (Å²) in [6.07, 6.45) is 2.90. The second kappa shape index (κ2) is 8.32. The molecule has 0 atom stereocenters. The van der Waals surface area contributed by atoms with Crippen LogP contribution in [0.15, 0.2) is 42.0 Å². The quantitative estimate of drug-likeness (QED) is 0.415. The summed E-state index contributed by atoms with van der Waals surface area (Å²) in [5.41, 5.74) is 4.25. The maximum atomic E-state index is 11.5. The fraction of sp³-hybridized carbons (Fsp3) is 0. The molecule has 10 heteroatoms. The van der Waals surface area contributed by atoms with Crippen LogP contribution in [0.5, 0.6) is 0 Å². The van der Waals surface area contributed by atoms with E-state index < -0.39 is 11.8 Å². The van der Waals surface area contributed by atoms with E-state index in [1.165, 1.54) is 35.1 Å². The molecule has 2 N–H and O–H groups in total. The average molecular weight is 464 g/mol. The minimum atomic E-state index is -0.892. The number of nitrogens with one attached hydrogen (secondary N) is 2. The van der Waals surface area contributed by atoms with Gasteiger partial charge in [0.05, 0.1) is 20.0 Å². The molecule has 2 heterocycles. The third-order valence-corrected chi connectivity index (χ3v) is 5.23. The number of carbonyl (C=O) groups excluding carboxylic acids is 2. The van der Waals surface area contributed by atoms with Crippen molar-refractivity contribution in [1.82, 2.24) is 10.9 Å². The molecule has 114 valence electrons. The summed E-state index contributed by atoms with van der Waals surface area (Å²) in [4.78, 5) is 24.6. The number of carbonyl (C=O) groups is 2. The molecule has 2 rings (SSSR count). The Labute approximate surface area is 150 Å². The van der Waals surface area contributed by atoms with Gasteiger partial charge >= 0.3 is 11.8 Å². The molecule has 2 aromatic rings. The monoisotopic (exact) mass is 462 g/mol. The lowest BCUT2D eigenvalue weighted by atomic mass is 10.5. The van der Waals surface area contributed by atoms with Gasteiger partial charge in [-0.2, -0.15) is 10.2 Å². The second-order valence-corrected chi connectivity index (χ2v) is 8.67. The van der Waals surface area contributed by atoms with Crippen molar-refractivity contribution in [2.24, 2.45) is 10.2 Å². The minimum absolute atomic E-state index is 0.842. The van der Waals surface area contributed by atoms with Crippen molar-refractivity contribution in [3.63, 3.8) is 0 Å². The summed E-state index contributed by atoms with van der Waals surface area (Å²) in [5, 5.41) is 7.39. The Morgan fingerprint density at radius 1 is 0.864 bits per heavy atom. The van der Waals surface area contributed by atoms with Gasteiger partial charge in [-0.25, -0.2) is 10.9 Å². The predicted molar refractivity (Wildman–Crippen MR) is 95.5 cm³/mol. The number of nitrogens with zero attached hydrogens (tertiary/aromatic N) is 2. The van der Waals surface area contributed by atoms with Crippen LogP contribution < -0.4 is 10.9 Å². The molecule has 0 saturated carbocycles. The molecule has 6 nitrogen and oxygen atoms in total. The molecule has 22 heavy (non-hydrogen) atoms. The zero-order valence-electron chi connectivity index (χ0n) is 10.7. The number of rotatable bonds is 4. The Kier molecular flexibility index (Phi) is 6.43. The maximum absolute atomic E-state index is 11.5. The van der Waals surface area contributed by atoms with E-state index >= 15 is 0 Å². The average Bonchev–Trinajstić information content (AvgIpc) is 3.07. The Balaban J connectivity index is 1.78. The summed E-state index contributed by atoms with van der Waals surface area (Å²) in [7, 11) is 0. The molecule has 2 amide bonds. The van der Waals surface area contributed by atoms with Gasteiger partial charge < -0.3 is 0 Å².